The van der Waals surface area contributed by atoms with Crippen molar-refractivity contribution < 1.29 is 9.84 Å². The van der Waals surface area contributed by atoms with Gasteiger partial charge in [0.15, 0.2) is 5.75 Å². The van der Waals surface area contributed by atoms with Crippen LogP contribution in [0, 0.1) is 0 Å². The highest BCUT2D eigenvalue weighted by molar-refractivity contribution is 5.37. The maximum Gasteiger partial charge on any atom is 0.220 e. The Labute approximate surface area is 85.5 Å². The first-order valence-electron chi connectivity index (χ1n) is 5.23. The van der Waals surface area contributed by atoms with Crippen LogP contribution in [0.5, 0.6) is 11.5 Å². The molecule has 0 atom stereocenters. The van der Waals surface area contributed by atoms with Crippen molar-refractivity contribution in [3.63, 3.8) is 0 Å². The smallest absolute Gasteiger partial charge is 0.220 e. The number of ether oxygens (including phenoxy) is 1. The molecule has 0 aliphatic rings. The largest absolute Gasteiger partial charge is 0.489 e. The molecule has 2 heteroatoms. The van der Waals surface area contributed by atoms with E-state index in [-0.39, 0.29) is 5.75 Å². The fourth-order valence-corrected chi connectivity index (χ4v) is 1.28. The quantitative estimate of drug-likeness (QED) is 0.632. The van der Waals surface area contributed by atoms with Crippen molar-refractivity contribution in [3.05, 3.63) is 24.3 Å². The van der Waals surface area contributed by atoms with Crippen LogP contribution >= 0.6 is 0 Å². The van der Waals surface area contributed by atoms with E-state index in [1.807, 2.05) is 6.07 Å². The molecule has 0 heterocycles. The molecule has 1 radical (unpaired) electrons. The first-order valence-corrected chi connectivity index (χ1v) is 5.23. The summed E-state index contributed by atoms with van der Waals surface area (Å²) in [7, 11) is 0. The first-order chi connectivity index (χ1) is 6.84. The summed E-state index contributed by atoms with van der Waals surface area (Å²) >= 11 is 0. The third-order valence-electron chi connectivity index (χ3n) is 2.10. The summed E-state index contributed by atoms with van der Waals surface area (Å²) in [6.45, 7) is 2.83. The van der Waals surface area contributed by atoms with E-state index in [4.69, 9.17) is 4.74 Å². The minimum Gasteiger partial charge on any atom is -0.489 e. The summed E-state index contributed by atoms with van der Waals surface area (Å²) in [5, 5.41) is 11.2. The number of para-hydroxylation sites is 2. The molecule has 0 aliphatic heterocycles. The average molecular weight is 193 g/mol. The van der Waals surface area contributed by atoms with Gasteiger partial charge in [0.2, 0.25) is 5.75 Å². The summed E-state index contributed by atoms with van der Waals surface area (Å²) < 4.78 is 5.37. The molecule has 1 rings (SSSR count). The van der Waals surface area contributed by atoms with E-state index in [0.29, 0.717) is 12.4 Å². The van der Waals surface area contributed by atoms with E-state index in [9.17, 15) is 5.11 Å². The third kappa shape index (κ3) is 3.69. The maximum absolute atomic E-state index is 11.2. The Morgan fingerprint density at radius 3 is 2.64 bits per heavy atom. The number of unbranched alkanes of at least 4 members (excludes halogenated alkanes) is 3. The number of hydrogen-bond acceptors (Lipinski definition) is 1. The molecule has 0 aromatic heterocycles. The van der Waals surface area contributed by atoms with Gasteiger partial charge in [-0.15, -0.1) is 0 Å². The molecule has 0 saturated heterocycles. The van der Waals surface area contributed by atoms with Crippen molar-refractivity contribution in [2.24, 2.45) is 0 Å². The molecule has 0 fully saturated rings. The molecule has 0 saturated carbocycles. The van der Waals surface area contributed by atoms with E-state index in [1.165, 1.54) is 25.3 Å². The van der Waals surface area contributed by atoms with Gasteiger partial charge < -0.3 is 4.74 Å². The molecular formula is C12H17O2. The fraction of sp³-hybridized carbons (Fsp3) is 0.500. The predicted octanol–water partition coefficient (Wildman–Crippen LogP) is 3.79. The second kappa shape index (κ2) is 6.30. The lowest BCUT2D eigenvalue weighted by atomic mass is 10.2. The van der Waals surface area contributed by atoms with Crippen LogP contribution in [0.25, 0.3) is 0 Å². The molecule has 0 spiro atoms. The van der Waals surface area contributed by atoms with Crippen LogP contribution in [-0.2, 0) is 5.11 Å². The van der Waals surface area contributed by atoms with Gasteiger partial charge in [-0.3, -0.25) is 5.11 Å². The highest BCUT2D eigenvalue weighted by Crippen LogP contribution is 2.25. The van der Waals surface area contributed by atoms with E-state index >= 15 is 0 Å². The lowest BCUT2D eigenvalue weighted by Gasteiger charge is -2.05. The summed E-state index contributed by atoms with van der Waals surface area (Å²) in [4.78, 5) is 0. The summed E-state index contributed by atoms with van der Waals surface area (Å²) in [6, 6.07) is 6.80. The second-order valence-corrected chi connectivity index (χ2v) is 3.36. The number of benzene rings is 1. The second-order valence-electron chi connectivity index (χ2n) is 3.36. The Balaban J connectivity index is 2.21. The molecule has 0 amide bonds. The highest BCUT2D eigenvalue weighted by atomic mass is 16.5. The first kappa shape index (κ1) is 10.9. The van der Waals surface area contributed by atoms with Crippen molar-refractivity contribution in [1.82, 2.24) is 0 Å². The van der Waals surface area contributed by atoms with Crippen molar-refractivity contribution in [1.29, 1.82) is 0 Å². The molecule has 0 unspecified atom stereocenters. The van der Waals surface area contributed by atoms with E-state index in [0.717, 1.165) is 6.42 Å². The molecule has 77 valence electrons. The zero-order valence-electron chi connectivity index (χ0n) is 8.66. The molecule has 0 bridgehead atoms. The standard InChI is InChI=1S/C12H17O2/c1-2-3-4-7-10-14-12-9-6-5-8-11(12)13/h5-6,8-9H,2-4,7,10H2,1H3. The molecule has 0 N–H and O–H groups in total. The van der Waals surface area contributed by atoms with Gasteiger partial charge in [0.25, 0.3) is 0 Å². The van der Waals surface area contributed by atoms with E-state index < -0.39 is 0 Å². The molecule has 1 aromatic carbocycles. The summed E-state index contributed by atoms with van der Waals surface area (Å²) in [5.74, 6) is 0.451. The highest BCUT2D eigenvalue weighted by Gasteiger charge is 2.00. The van der Waals surface area contributed by atoms with Crippen LogP contribution in [0.15, 0.2) is 24.3 Å². The lowest BCUT2D eigenvalue weighted by Crippen LogP contribution is -1.96. The number of rotatable bonds is 6. The van der Waals surface area contributed by atoms with Gasteiger partial charge in [0.1, 0.15) is 0 Å². The van der Waals surface area contributed by atoms with Crippen LogP contribution in [0.1, 0.15) is 32.6 Å². The van der Waals surface area contributed by atoms with Crippen molar-refractivity contribution in [2.45, 2.75) is 32.6 Å². The normalized spacial score (nSPS) is 10.1. The van der Waals surface area contributed by atoms with Crippen molar-refractivity contribution >= 4 is 0 Å². The van der Waals surface area contributed by atoms with Gasteiger partial charge in [-0.2, -0.15) is 0 Å². The average Bonchev–Trinajstić information content (AvgIpc) is 2.20. The van der Waals surface area contributed by atoms with Crippen LogP contribution in [0.2, 0.25) is 0 Å². The third-order valence-corrected chi connectivity index (χ3v) is 2.10. The van der Waals surface area contributed by atoms with Crippen LogP contribution in [0.3, 0.4) is 0 Å². The van der Waals surface area contributed by atoms with Crippen molar-refractivity contribution in [2.75, 3.05) is 6.61 Å². The SMILES string of the molecule is CCCCCCOc1ccccc1[O]. The summed E-state index contributed by atoms with van der Waals surface area (Å²) in [5.41, 5.74) is 0. The Hall–Kier alpha value is -1.18. The van der Waals surface area contributed by atoms with Gasteiger partial charge in [-0.1, -0.05) is 38.3 Å². The van der Waals surface area contributed by atoms with Gasteiger partial charge in [-0.25, -0.2) is 0 Å². The molecule has 1 aromatic rings. The minimum atomic E-state index is -0.0250. The Morgan fingerprint density at radius 2 is 1.93 bits per heavy atom. The molecule has 2 nitrogen and oxygen atoms in total. The van der Waals surface area contributed by atoms with Gasteiger partial charge >= 0.3 is 0 Å². The van der Waals surface area contributed by atoms with Crippen LogP contribution < -0.4 is 4.74 Å². The fourth-order valence-electron chi connectivity index (χ4n) is 1.28. The van der Waals surface area contributed by atoms with Crippen LogP contribution in [-0.4, -0.2) is 6.61 Å². The monoisotopic (exact) mass is 193 g/mol. The molecule has 0 aliphatic carbocycles. The zero-order valence-corrected chi connectivity index (χ0v) is 8.66. The Bertz CT molecular complexity index is 258. The summed E-state index contributed by atoms with van der Waals surface area (Å²) in [6.07, 6.45) is 4.67. The predicted molar refractivity (Wildman–Crippen MR) is 56.2 cm³/mol. The van der Waals surface area contributed by atoms with Gasteiger partial charge in [0, 0.05) is 0 Å². The Kier molecular flexibility index (Phi) is 4.90. The van der Waals surface area contributed by atoms with Gasteiger partial charge in [-0.05, 0) is 18.6 Å². The molecule has 14 heavy (non-hydrogen) atoms. The zero-order chi connectivity index (χ0) is 10.2. The van der Waals surface area contributed by atoms with E-state index in [2.05, 4.69) is 6.92 Å². The minimum absolute atomic E-state index is 0.0250. The lowest BCUT2D eigenvalue weighted by molar-refractivity contribution is 0.269. The van der Waals surface area contributed by atoms with Crippen molar-refractivity contribution in [3.8, 4) is 11.5 Å². The molecular weight excluding hydrogens is 176 g/mol. The van der Waals surface area contributed by atoms with E-state index in [1.54, 1.807) is 12.1 Å². The topological polar surface area (TPSA) is 29.1 Å². The number of hydrogen-bond donors (Lipinski definition) is 0. The van der Waals surface area contributed by atoms with Crippen LogP contribution in [0.4, 0.5) is 0 Å². The maximum atomic E-state index is 11.2. The Morgan fingerprint density at radius 1 is 1.14 bits per heavy atom. The van der Waals surface area contributed by atoms with Gasteiger partial charge in [0.05, 0.1) is 6.61 Å².